The average molecular weight is 276 g/mol. The van der Waals surface area contributed by atoms with Crippen LogP contribution < -0.4 is 5.32 Å². The summed E-state index contributed by atoms with van der Waals surface area (Å²) in [6, 6.07) is 4.62. The molecule has 1 saturated heterocycles. The van der Waals surface area contributed by atoms with E-state index < -0.39 is 0 Å². The van der Waals surface area contributed by atoms with E-state index in [2.05, 4.69) is 5.32 Å². The second kappa shape index (κ2) is 5.23. The van der Waals surface area contributed by atoms with E-state index in [0.29, 0.717) is 19.5 Å². The first-order valence-electron chi connectivity index (χ1n) is 6.99. The Kier molecular flexibility index (Phi) is 3.42. The Hall–Kier alpha value is -1.91. The molecule has 1 fully saturated rings. The molecule has 0 aromatic heterocycles. The minimum Gasteiger partial charge on any atom is -0.354 e. The summed E-state index contributed by atoms with van der Waals surface area (Å²) in [6.45, 7) is 1.35. The molecule has 2 aliphatic rings. The molecule has 1 aliphatic heterocycles. The van der Waals surface area contributed by atoms with Crippen molar-refractivity contribution in [2.75, 3.05) is 19.6 Å². The third kappa shape index (κ3) is 2.40. The van der Waals surface area contributed by atoms with E-state index in [-0.39, 0.29) is 30.1 Å². The number of nitrogens with one attached hydrogen (secondary N) is 1. The van der Waals surface area contributed by atoms with Gasteiger partial charge in [0.2, 0.25) is 11.8 Å². The summed E-state index contributed by atoms with van der Waals surface area (Å²) < 4.78 is 13.2. The molecule has 0 saturated carbocycles. The summed E-state index contributed by atoms with van der Waals surface area (Å²) >= 11 is 0. The molecule has 20 heavy (non-hydrogen) atoms. The zero-order valence-electron chi connectivity index (χ0n) is 11.2. The van der Waals surface area contributed by atoms with Crippen molar-refractivity contribution in [1.82, 2.24) is 10.2 Å². The predicted octanol–water partition coefficient (Wildman–Crippen LogP) is 1.20. The second-order valence-electron chi connectivity index (χ2n) is 5.40. The molecule has 5 heteroatoms. The Morgan fingerprint density at radius 3 is 3.10 bits per heavy atom. The first-order chi connectivity index (χ1) is 9.65. The van der Waals surface area contributed by atoms with Gasteiger partial charge < -0.3 is 10.2 Å². The number of nitrogens with zero attached hydrogens (tertiary/aromatic N) is 1. The fourth-order valence-electron chi connectivity index (χ4n) is 3.06. The van der Waals surface area contributed by atoms with E-state index in [1.807, 2.05) is 0 Å². The van der Waals surface area contributed by atoms with Crippen molar-refractivity contribution in [1.29, 1.82) is 0 Å². The number of aryl methyl sites for hydroxylation is 1. The van der Waals surface area contributed by atoms with Crippen molar-refractivity contribution in [3.63, 3.8) is 0 Å². The van der Waals surface area contributed by atoms with Gasteiger partial charge in [0.05, 0.1) is 12.5 Å². The molecule has 1 aromatic carbocycles. The van der Waals surface area contributed by atoms with Crippen molar-refractivity contribution in [3.05, 3.63) is 35.1 Å². The van der Waals surface area contributed by atoms with Crippen LogP contribution in [0.25, 0.3) is 0 Å². The molecular formula is C15H17FN2O2. The van der Waals surface area contributed by atoms with Gasteiger partial charge in [-0.15, -0.1) is 0 Å². The molecular weight excluding hydrogens is 259 g/mol. The Bertz CT molecular complexity index is 559. The lowest BCUT2D eigenvalue weighted by molar-refractivity contribution is -0.136. The van der Waals surface area contributed by atoms with Crippen molar-refractivity contribution >= 4 is 11.8 Å². The molecule has 0 bridgehead atoms. The van der Waals surface area contributed by atoms with E-state index in [9.17, 15) is 14.0 Å². The third-order valence-corrected chi connectivity index (χ3v) is 4.05. The first-order valence-corrected chi connectivity index (χ1v) is 6.99. The van der Waals surface area contributed by atoms with Crippen LogP contribution in [0.5, 0.6) is 0 Å². The SMILES string of the molecule is O=C1CN(C(=O)C2CCc3cc(F)ccc32)CCCN1. The Morgan fingerprint density at radius 1 is 1.40 bits per heavy atom. The van der Waals surface area contributed by atoms with Crippen LogP contribution in [0.15, 0.2) is 18.2 Å². The van der Waals surface area contributed by atoms with Gasteiger partial charge in [-0.25, -0.2) is 4.39 Å². The molecule has 3 rings (SSSR count). The lowest BCUT2D eigenvalue weighted by Gasteiger charge is -2.23. The van der Waals surface area contributed by atoms with E-state index >= 15 is 0 Å². The molecule has 4 nitrogen and oxygen atoms in total. The number of amides is 2. The van der Waals surface area contributed by atoms with Crippen LogP contribution >= 0.6 is 0 Å². The Balaban J connectivity index is 1.80. The maximum Gasteiger partial charge on any atom is 0.239 e. The van der Waals surface area contributed by atoms with Crippen LogP contribution in [0.1, 0.15) is 29.9 Å². The number of benzene rings is 1. The van der Waals surface area contributed by atoms with Crippen molar-refractivity contribution in [2.24, 2.45) is 0 Å². The Morgan fingerprint density at radius 2 is 2.25 bits per heavy atom. The van der Waals surface area contributed by atoms with Crippen LogP contribution in [0.4, 0.5) is 4.39 Å². The Labute approximate surface area is 117 Å². The van der Waals surface area contributed by atoms with Crippen molar-refractivity contribution in [2.45, 2.75) is 25.2 Å². The molecule has 0 spiro atoms. The number of hydrogen-bond donors (Lipinski definition) is 1. The fraction of sp³-hybridized carbons (Fsp3) is 0.467. The predicted molar refractivity (Wildman–Crippen MR) is 71.7 cm³/mol. The molecule has 1 atom stereocenters. The van der Waals surface area contributed by atoms with Gasteiger partial charge in [0.1, 0.15) is 5.82 Å². The van der Waals surface area contributed by atoms with Gasteiger partial charge in [0.15, 0.2) is 0 Å². The topological polar surface area (TPSA) is 49.4 Å². The van der Waals surface area contributed by atoms with E-state index in [1.54, 1.807) is 11.0 Å². The summed E-state index contributed by atoms with van der Waals surface area (Å²) in [6.07, 6.45) is 2.21. The zero-order valence-corrected chi connectivity index (χ0v) is 11.2. The van der Waals surface area contributed by atoms with Crippen LogP contribution in [0.3, 0.4) is 0 Å². The number of halogens is 1. The third-order valence-electron chi connectivity index (χ3n) is 4.05. The molecule has 1 unspecified atom stereocenters. The minimum absolute atomic E-state index is 0.00703. The molecule has 1 N–H and O–H groups in total. The first kappa shape index (κ1) is 13.1. The molecule has 1 aliphatic carbocycles. The quantitative estimate of drug-likeness (QED) is 0.838. The van der Waals surface area contributed by atoms with Gasteiger partial charge in [0.25, 0.3) is 0 Å². The number of carbonyl (C=O) groups excluding carboxylic acids is 2. The van der Waals surface area contributed by atoms with Gasteiger partial charge in [-0.2, -0.15) is 0 Å². The highest BCUT2D eigenvalue weighted by atomic mass is 19.1. The second-order valence-corrected chi connectivity index (χ2v) is 5.40. The molecule has 2 amide bonds. The fourth-order valence-corrected chi connectivity index (χ4v) is 3.06. The van der Waals surface area contributed by atoms with Gasteiger partial charge >= 0.3 is 0 Å². The number of hydrogen-bond acceptors (Lipinski definition) is 2. The lowest BCUT2D eigenvalue weighted by atomic mass is 9.99. The normalized spacial score (nSPS) is 22.1. The van der Waals surface area contributed by atoms with Crippen LogP contribution in [0.2, 0.25) is 0 Å². The summed E-state index contributed by atoms with van der Waals surface area (Å²) in [5.41, 5.74) is 1.84. The molecule has 106 valence electrons. The van der Waals surface area contributed by atoms with Crippen molar-refractivity contribution < 1.29 is 14.0 Å². The minimum atomic E-state index is -0.258. The van der Waals surface area contributed by atoms with E-state index in [4.69, 9.17) is 0 Å². The van der Waals surface area contributed by atoms with E-state index in [0.717, 1.165) is 24.0 Å². The highest BCUT2D eigenvalue weighted by Gasteiger charge is 2.33. The van der Waals surface area contributed by atoms with Gasteiger partial charge in [0, 0.05) is 13.1 Å². The summed E-state index contributed by atoms with van der Waals surface area (Å²) in [7, 11) is 0. The summed E-state index contributed by atoms with van der Waals surface area (Å²) in [4.78, 5) is 25.8. The monoisotopic (exact) mass is 276 g/mol. The highest BCUT2D eigenvalue weighted by Crippen LogP contribution is 2.34. The number of rotatable bonds is 1. The van der Waals surface area contributed by atoms with Crippen molar-refractivity contribution in [3.8, 4) is 0 Å². The maximum atomic E-state index is 13.2. The maximum absolute atomic E-state index is 13.2. The van der Waals surface area contributed by atoms with Gasteiger partial charge in [-0.1, -0.05) is 6.07 Å². The van der Waals surface area contributed by atoms with Gasteiger partial charge in [-0.05, 0) is 42.5 Å². The molecule has 1 heterocycles. The smallest absolute Gasteiger partial charge is 0.239 e. The number of fused-ring (bicyclic) bond motifs is 1. The van der Waals surface area contributed by atoms with Crippen LogP contribution in [-0.2, 0) is 16.0 Å². The number of carbonyl (C=O) groups is 2. The summed E-state index contributed by atoms with van der Waals surface area (Å²) in [5, 5.41) is 2.76. The standard InChI is InChI=1S/C15H17FN2O2/c16-11-3-5-12-10(8-11)2-4-13(12)15(20)18-7-1-6-17-14(19)9-18/h3,5,8,13H,1-2,4,6-7,9H2,(H,17,19). The van der Waals surface area contributed by atoms with Gasteiger partial charge in [-0.3, -0.25) is 9.59 Å². The zero-order chi connectivity index (χ0) is 14.1. The lowest BCUT2D eigenvalue weighted by Crippen LogP contribution is -2.39. The van der Waals surface area contributed by atoms with E-state index in [1.165, 1.54) is 12.1 Å². The average Bonchev–Trinajstić information content (AvgIpc) is 2.71. The molecule has 0 radical (unpaired) electrons. The van der Waals surface area contributed by atoms with Crippen LogP contribution in [-0.4, -0.2) is 36.3 Å². The summed E-state index contributed by atoms with van der Waals surface area (Å²) in [5.74, 6) is -0.594. The largest absolute Gasteiger partial charge is 0.354 e. The highest BCUT2D eigenvalue weighted by molar-refractivity contribution is 5.89. The van der Waals surface area contributed by atoms with Crippen LogP contribution in [0, 0.1) is 5.82 Å². The molecule has 1 aromatic rings.